The molecule has 17 heavy (non-hydrogen) atoms. The number of ether oxygens (including phenoxy) is 3. The Hall–Kier alpha value is -1.43. The van der Waals surface area contributed by atoms with Crippen molar-refractivity contribution in [3.63, 3.8) is 0 Å². The van der Waals surface area contributed by atoms with E-state index in [2.05, 4.69) is 25.9 Å². The molecule has 0 amide bonds. The fourth-order valence-electron chi connectivity index (χ4n) is 1.33. The molecule has 0 aliphatic heterocycles. The molecule has 0 saturated carbocycles. The lowest BCUT2D eigenvalue weighted by Crippen LogP contribution is -1.99. The Balaban J connectivity index is 3.32. The second-order valence-corrected chi connectivity index (χ2v) is 3.73. The van der Waals surface area contributed by atoms with Gasteiger partial charge in [0.2, 0.25) is 5.75 Å². The first-order chi connectivity index (χ1) is 8.17. The van der Waals surface area contributed by atoms with Crippen LogP contribution in [0.3, 0.4) is 0 Å². The quantitative estimate of drug-likeness (QED) is 0.619. The SMILES string of the molecule is CO/N=C(\Br)c1cc(OC)c(OC)c(OC)c1. The Morgan fingerprint density at radius 2 is 1.53 bits per heavy atom. The lowest BCUT2D eigenvalue weighted by molar-refractivity contribution is 0.215. The van der Waals surface area contributed by atoms with Crippen LogP contribution in [0.25, 0.3) is 0 Å². The van der Waals surface area contributed by atoms with Crippen molar-refractivity contribution in [1.82, 2.24) is 0 Å². The highest BCUT2D eigenvalue weighted by atomic mass is 79.9. The first kappa shape index (κ1) is 13.6. The molecule has 0 bridgehead atoms. The third-order valence-electron chi connectivity index (χ3n) is 2.07. The van der Waals surface area contributed by atoms with Crippen molar-refractivity contribution < 1.29 is 19.0 Å². The van der Waals surface area contributed by atoms with E-state index in [9.17, 15) is 0 Å². The first-order valence-corrected chi connectivity index (χ1v) is 5.54. The van der Waals surface area contributed by atoms with E-state index < -0.39 is 0 Å². The van der Waals surface area contributed by atoms with E-state index in [1.807, 2.05) is 0 Å². The van der Waals surface area contributed by atoms with Gasteiger partial charge < -0.3 is 19.0 Å². The molecule has 6 heteroatoms. The van der Waals surface area contributed by atoms with Crippen LogP contribution >= 0.6 is 15.9 Å². The van der Waals surface area contributed by atoms with Crippen LogP contribution in [0.5, 0.6) is 17.2 Å². The first-order valence-electron chi connectivity index (χ1n) is 4.75. The zero-order chi connectivity index (χ0) is 12.8. The summed E-state index contributed by atoms with van der Waals surface area (Å²) in [4.78, 5) is 4.69. The van der Waals surface area contributed by atoms with Crippen molar-refractivity contribution in [3.05, 3.63) is 17.7 Å². The largest absolute Gasteiger partial charge is 0.493 e. The maximum absolute atomic E-state index is 5.23. The molecule has 0 spiro atoms. The number of hydrogen-bond donors (Lipinski definition) is 0. The average Bonchev–Trinajstić information content (AvgIpc) is 2.37. The van der Waals surface area contributed by atoms with E-state index in [4.69, 9.17) is 14.2 Å². The van der Waals surface area contributed by atoms with Crippen LogP contribution in [-0.2, 0) is 4.84 Å². The third-order valence-corrected chi connectivity index (χ3v) is 2.68. The summed E-state index contributed by atoms with van der Waals surface area (Å²) in [5, 5.41) is 3.78. The lowest BCUT2D eigenvalue weighted by atomic mass is 10.2. The molecule has 1 rings (SSSR count). The lowest BCUT2D eigenvalue weighted by Gasteiger charge is -2.13. The molecule has 0 atom stereocenters. The van der Waals surface area contributed by atoms with Gasteiger partial charge in [-0.3, -0.25) is 0 Å². The molecular weight excluding hydrogens is 290 g/mol. The molecule has 0 aliphatic carbocycles. The normalized spacial score (nSPS) is 11.0. The van der Waals surface area contributed by atoms with Gasteiger partial charge in [0, 0.05) is 5.56 Å². The van der Waals surface area contributed by atoms with Crippen LogP contribution < -0.4 is 14.2 Å². The number of rotatable bonds is 5. The molecule has 5 nitrogen and oxygen atoms in total. The van der Waals surface area contributed by atoms with E-state index in [1.165, 1.54) is 7.11 Å². The van der Waals surface area contributed by atoms with E-state index in [0.717, 1.165) is 5.56 Å². The average molecular weight is 304 g/mol. The zero-order valence-electron chi connectivity index (χ0n) is 10.1. The van der Waals surface area contributed by atoms with Gasteiger partial charge in [-0.15, -0.1) is 0 Å². The van der Waals surface area contributed by atoms with Crippen molar-refractivity contribution in [2.24, 2.45) is 5.16 Å². The summed E-state index contributed by atoms with van der Waals surface area (Å²) in [6.07, 6.45) is 0. The fourth-order valence-corrected chi connectivity index (χ4v) is 1.71. The summed E-state index contributed by atoms with van der Waals surface area (Å²) in [6, 6.07) is 3.54. The summed E-state index contributed by atoms with van der Waals surface area (Å²) in [7, 11) is 6.14. The van der Waals surface area contributed by atoms with Crippen molar-refractivity contribution in [2.75, 3.05) is 28.4 Å². The number of hydrogen-bond acceptors (Lipinski definition) is 5. The van der Waals surface area contributed by atoms with E-state index in [0.29, 0.717) is 21.9 Å². The number of benzene rings is 1. The second-order valence-electron chi connectivity index (χ2n) is 2.98. The minimum absolute atomic E-state index is 0.538. The Bertz CT molecular complexity index is 395. The number of nitrogens with zero attached hydrogens (tertiary/aromatic N) is 1. The smallest absolute Gasteiger partial charge is 0.203 e. The molecule has 0 aromatic heterocycles. The molecule has 0 heterocycles. The van der Waals surface area contributed by atoms with E-state index >= 15 is 0 Å². The standard InChI is InChI=1S/C11H14BrNO4/c1-14-8-5-7(11(12)13-17-4)6-9(15-2)10(8)16-3/h5-6H,1-4H3/b13-11-. The van der Waals surface area contributed by atoms with Crippen molar-refractivity contribution in [1.29, 1.82) is 0 Å². The van der Waals surface area contributed by atoms with Gasteiger partial charge in [-0.2, -0.15) is 0 Å². The minimum atomic E-state index is 0.538. The molecule has 0 unspecified atom stereocenters. The maximum Gasteiger partial charge on any atom is 0.203 e. The third kappa shape index (κ3) is 3.03. The summed E-state index contributed by atoms with van der Waals surface area (Å²) in [6.45, 7) is 0. The molecular formula is C11H14BrNO4. The maximum atomic E-state index is 5.23. The van der Waals surface area contributed by atoms with Gasteiger partial charge >= 0.3 is 0 Å². The Morgan fingerprint density at radius 3 is 1.88 bits per heavy atom. The predicted molar refractivity (Wildman–Crippen MR) is 68.6 cm³/mol. The van der Waals surface area contributed by atoms with Crippen LogP contribution in [0, 0.1) is 0 Å². The van der Waals surface area contributed by atoms with Gasteiger partial charge in [0.15, 0.2) is 16.1 Å². The van der Waals surface area contributed by atoms with Gasteiger partial charge in [-0.25, -0.2) is 0 Å². The second kappa shape index (κ2) is 6.34. The van der Waals surface area contributed by atoms with Crippen LogP contribution in [-0.4, -0.2) is 33.1 Å². The Kier molecular flexibility index (Phi) is 5.09. The number of oxime groups is 1. The van der Waals surface area contributed by atoms with Gasteiger partial charge in [0.05, 0.1) is 21.3 Å². The monoisotopic (exact) mass is 303 g/mol. The molecule has 0 aliphatic rings. The van der Waals surface area contributed by atoms with Gasteiger partial charge in [-0.1, -0.05) is 5.16 Å². The highest BCUT2D eigenvalue weighted by Gasteiger charge is 2.15. The summed E-state index contributed by atoms with van der Waals surface area (Å²) in [5.74, 6) is 1.66. The van der Waals surface area contributed by atoms with Crippen molar-refractivity contribution in [3.8, 4) is 17.2 Å². The number of halogens is 1. The van der Waals surface area contributed by atoms with Crippen LogP contribution in [0.15, 0.2) is 17.3 Å². The van der Waals surface area contributed by atoms with Gasteiger partial charge in [0.1, 0.15) is 7.11 Å². The summed E-state index contributed by atoms with van der Waals surface area (Å²) >= 11 is 3.29. The molecule has 1 aromatic rings. The topological polar surface area (TPSA) is 49.3 Å². The Labute approximate surface area is 108 Å². The minimum Gasteiger partial charge on any atom is -0.493 e. The van der Waals surface area contributed by atoms with Crippen LogP contribution in [0.4, 0.5) is 0 Å². The zero-order valence-corrected chi connectivity index (χ0v) is 11.7. The molecule has 0 fully saturated rings. The van der Waals surface area contributed by atoms with Crippen LogP contribution in [0.2, 0.25) is 0 Å². The predicted octanol–water partition coefficient (Wildman–Crippen LogP) is 2.42. The Morgan fingerprint density at radius 1 is 1.00 bits per heavy atom. The molecule has 94 valence electrons. The highest BCUT2D eigenvalue weighted by Crippen LogP contribution is 2.38. The van der Waals surface area contributed by atoms with Crippen molar-refractivity contribution in [2.45, 2.75) is 0 Å². The van der Waals surface area contributed by atoms with E-state index in [-0.39, 0.29) is 0 Å². The molecule has 0 N–H and O–H groups in total. The molecule has 0 saturated heterocycles. The van der Waals surface area contributed by atoms with E-state index in [1.54, 1.807) is 33.5 Å². The molecule has 0 radical (unpaired) electrons. The van der Waals surface area contributed by atoms with Gasteiger partial charge in [-0.05, 0) is 28.1 Å². The number of methoxy groups -OCH3 is 3. The fraction of sp³-hybridized carbons (Fsp3) is 0.364. The van der Waals surface area contributed by atoms with Crippen LogP contribution in [0.1, 0.15) is 5.56 Å². The van der Waals surface area contributed by atoms with Gasteiger partial charge in [0.25, 0.3) is 0 Å². The summed E-state index contributed by atoms with van der Waals surface area (Å²) < 4.78 is 16.2. The van der Waals surface area contributed by atoms with Crippen molar-refractivity contribution >= 4 is 20.6 Å². The summed E-state index contributed by atoms with van der Waals surface area (Å²) in [5.41, 5.74) is 0.765. The molecule has 1 aromatic carbocycles. The highest BCUT2D eigenvalue weighted by molar-refractivity contribution is 9.18.